The summed E-state index contributed by atoms with van der Waals surface area (Å²) in [5, 5.41) is 0. The first-order chi connectivity index (χ1) is 12.1. The van der Waals surface area contributed by atoms with Crippen molar-refractivity contribution in [2.24, 2.45) is 0 Å². The molecule has 142 valence electrons. The van der Waals surface area contributed by atoms with Crippen molar-refractivity contribution in [2.75, 3.05) is 13.7 Å². The molecule has 0 atom stereocenters. The maximum absolute atomic E-state index is 12.4. The Hall–Kier alpha value is -1.85. The van der Waals surface area contributed by atoms with Crippen LogP contribution >= 0.6 is 0 Å². The number of oxazole rings is 1. The topological polar surface area (TPSA) is 72.6 Å². The van der Waals surface area contributed by atoms with Gasteiger partial charge in [0.1, 0.15) is 6.26 Å². The second kappa shape index (κ2) is 12.5. The lowest BCUT2D eigenvalue weighted by Gasteiger charge is -2.20. The van der Waals surface area contributed by atoms with E-state index in [1.165, 1.54) is 45.5 Å². The fraction of sp³-hybridized carbons (Fsp3) is 0.737. The van der Waals surface area contributed by atoms with Crippen molar-refractivity contribution in [3.63, 3.8) is 0 Å². The van der Waals surface area contributed by atoms with Crippen molar-refractivity contribution >= 4 is 11.9 Å². The average Bonchev–Trinajstić information content (AvgIpc) is 3.08. The molecule has 6 nitrogen and oxygen atoms in total. The molecule has 0 bridgehead atoms. The lowest BCUT2D eigenvalue weighted by molar-refractivity contribution is -0.132. The highest BCUT2D eigenvalue weighted by Gasteiger charge is 2.18. The Morgan fingerprint density at radius 3 is 2.40 bits per heavy atom. The zero-order chi connectivity index (χ0) is 18.5. The first kappa shape index (κ1) is 21.2. The minimum Gasteiger partial charge on any atom is -0.464 e. The molecular formula is C19H32N2O4. The van der Waals surface area contributed by atoms with Crippen LogP contribution in [0, 0.1) is 0 Å². The van der Waals surface area contributed by atoms with Crippen LogP contribution in [0.25, 0.3) is 0 Å². The first-order valence-electron chi connectivity index (χ1n) is 9.42. The van der Waals surface area contributed by atoms with Gasteiger partial charge in [-0.05, 0) is 12.8 Å². The molecule has 1 aromatic rings. The van der Waals surface area contributed by atoms with E-state index in [0.29, 0.717) is 25.4 Å². The molecule has 0 radical (unpaired) electrons. The summed E-state index contributed by atoms with van der Waals surface area (Å²) >= 11 is 0. The van der Waals surface area contributed by atoms with Gasteiger partial charge in [-0.2, -0.15) is 0 Å². The summed E-state index contributed by atoms with van der Waals surface area (Å²) in [4.78, 5) is 29.7. The highest BCUT2D eigenvalue weighted by molar-refractivity contribution is 5.86. The van der Waals surface area contributed by atoms with E-state index >= 15 is 0 Å². The zero-order valence-corrected chi connectivity index (χ0v) is 15.9. The second-order valence-electron chi connectivity index (χ2n) is 6.30. The smallest absolute Gasteiger partial charge is 0.360 e. The van der Waals surface area contributed by atoms with Crippen molar-refractivity contribution in [2.45, 2.75) is 78.2 Å². The van der Waals surface area contributed by atoms with E-state index in [1.807, 2.05) is 6.92 Å². The number of carbonyl (C=O) groups is 2. The Morgan fingerprint density at radius 1 is 1.08 bits per heavy atom. The van der Waals surface area contributed by atoms with Gasteiger partial charge in [0.25, 0.3) is 0 Å². The molecule has 0 spiro atoms. The lowest BCUT2D eigenvalue weighted by atomic mass is 10.1. The molecule has 1 amide bonds. The Bertz CT molecular complexity index is 513. The van der Waals surface area contributed by atoms with Gasteiger partial charge < -0.3 is 14.1 Å². The molecule has 0 aromatic carbocycles. The van der Waals surface area contributed by atoms with Crippen LogP contribution in [0.3, 0.4) is 0 Å². The molecule has 0 saturated heterocycles. The number of unbranched alkanes of at least 4 members (excludes halogenated alkanes) is 6. The highest BCUT2D eigenvalue weighted by atomic mass is 16.5. The van der Waals surface area contributed by atoms with E-state index in [4.69, 9.17) is 4.42 Å². The van der Waals surface area contributed by atoms with Crippen LogP contribution in [0.2, 0.25) is 0 Å². The predicted molar refractivity (Wildman–Crippen MR) is 96.2 cm³/mol. The zero-order valence-electron chi connectivity index (χ0n) is 15.9. The van der Waals surface area contributed by atoms with Gasteiger partial charge in [-0.15, -0.1) is 0 Å². The van der Waals surface area contributed by atoms with Crippen molar-refractivity contribution in [1.82, 2.24) is 9.88 Å². The molecule has 0 aliphatic heterocycles. The number of methoxy groups -OCH3 is 1. The van der Waals surface area contributed by atoms with Crippen molar-refractivity contribution in [3.05, 3.63) is 17.8 Å². The molecule has 0 aliphatic carbocycles. The summed E-state index contributed by atoms with van der Waals surface area (Å²) in [7, 11) is 1.30. The molecule has 1 rings (SSSR count). The Balaban J connectivity index is 2.40. The summed E-state index contributed by atoms with van der Waals surface area (Å²) < 4.78 is 9.90. The Kier molecular flexibility index (Phi) is 10.6. The van der Waals surface area contributed by atoms with E-state index in [0.717, 1.165) is 19.3 Å². The molecule has 1 aromatic heterocycles. The standard InChI is InChI=1S/C19H32N2O4/c1-4-6-7-8-9-10-11-12-18(22)21(13-5-2)14-17-20-16(15-25-17)19(23)24-3/h15H,4-14H2,1-3H3. The molecule has 0 N–H and O–H groups in total. The van der Waals surface area contributed by atoms with E-state index in [-0.39, 0.29) is 11.6 Å². The minimum atomic E-state index is -0.536. The molecule has 0 saturated carbocycles. The number of esters is 1. The van der Waals surface area contributed by atoms with Crippen molar-refractivity contribution in [3.8, 4) is 0 Å². The molecule has 6 heteroatoms. The predicted octanol–water partition coefficient (Wildman–Crippen LogP) is 4.34. The van der Waals surface area contributed by atoms with Gasteiger partial charge in [0.05, 0.1) is 13.7 Å². The molecular weight excluding hydrogens is 320 g/mol. The average molecular weight is 352 g/mol. The summed E-state index contributed by atoms with van der Waals surface area (Å²) in [6.45, 7) is 5.19. The van der Waals surface area contributed by atoms with Gasteiger partial charge in [-0.1, -0.05) is 52.4 Å². The molecule has 1 heterocycles. The molecule has 0 unspecified atom stereocenters. The van der Waals surface area contributed by atoms with Gasteiger partial charge in [0, 0.05) is 13.0 Å². The third-order valence-electron chi connectivity index (χ3n) is 4.11. The summed E-state index contributed by atoms with van der Waals surface area (Å²) in [6.07, 6.45) is 11.0. The first-order valence-corrected chi connectivity index (χ1v) is 9.42. The number of hydrogen-bond donors (Lipinski definition) is 0. The van der Waals surface area contributed by atoms with Gasteiger partial charge in [-0.3, -0.25) is 4.79 Å². The van der Waals surface area contributed by atoms with Crippen LogP contribution in [-0.2, 0) is 16.1 Å². The third kappa shape index (κ3) is 8.18. The second-order valence-corrected chi connectivity index (χ2v) is 6.30. The molecule has 0 fully saturated rings. The van der Waals surface area contributed by atoms with Gasteiger partial charge in [0.15, 0.2) is 5.69 Å². The maximum atomic E-state index is 12.4. The van der Waals surface area contributed by atoms with E-state index in [2.05, 4.69) is 16.6 Å². The third-order valence-corrected chi connectivity index (χ3v) is 4.11. The van der Waals surface area contributed by atoms with Crippen LogP contribution in [0.4, 0.5) is 0 Å². The molecule has 0 aliphatic rings. The largest absolute Gasteiger partial charge is 0.464 e. The SMILES string of the molecule is CCCCCCCCCC(=O)N(CCC)Cc1nc(C(=O)OC)co1. The van der Waals surface area contributed by atoms with Crippen LogP contribution in [0.1, 0.15) is 88.0 Å². The summed E-state index contributed by atoms with van der Waals surface area (Å²) in [5.41, 5.74) is 0.133. The van der Waals surface area contributed by atoms with Gasteiger partial charge >= 0.3 is 5.97 Å². The van der Waals surface area contributed by atoms with Gasteiger partial charge in [-0.25, -0.2) is 9.78 Å². The quantitative estimate of drug-likeness (QED) is 0.390. The van der Waals surface area contributed by atoms with Gasteiger partial charge in [0.2, 0.25) is 11.8 Å². The monoisotopic (exact) mass is 352 g/mol. The van der Waals surface area contributed by atoms with Crippen LogP contribution < -0.4 is 0 Å². The summed E-state index contributed by atoms with van der Waals surface area (Å²) in [6, 6.07) is 0. The van der Waals surface area contributed by atoms with Crippen LogP contribution in [0.5, 0.6) is 0 Å². The van der Waals surface area contributed by atoms with Crippen molar-refractivity contribution < 1.29 is 18.7 Å². The lowest BCUT2D eigenvalue weighted by Crippen LogP contribution is -2.31. The van der Waals surface area contributed by atoms with Crippen LogP contribution in [0.15, 0.2) is 10.7 Å². The fourth-order valence-electron chi connectivity index (χ4n) is 2.70. The van der Waals surface area contributed by atoms with E-state index < -0.39 is 5.97 Å². The minimum absolute atomic E-state index is 0.119. The number of amides is 1. The fourth-order valence-corrected chi connectivity index (χ4v) is 2.70. The number of rotatable bonds is 13. The number of hydrogen-bond acceptors (Lipinski definition) is 5. The number of nitrogens with zero attached hydrogens (tertiary/aromatic N) is 2. The Labute approximate surface area is 150 Å². The Morgan fingerprint density at radius 2 is 1.76 bits per heavy atom. The number of ether oxygens (including phenoxy) is 1. The van der Waals surface area contributed by atoms with E-state index in [9.17, 15) is 9.59 Å². The highest BCUT2D eigenvalue weighted by Crippen LogP contribution is 2.12. The summed E-state index contributed by atoms with van der Waals surface area (Å²) in [5.74, 6) is -0.0542. The number of carbonyl (C=O) groups excluding carboxylic acids is 2. The van der Waals surface area contributed by atoms with Crippen LogP contribution in [-0.4, -0.2) is 35.4 Å². The van der Waals surface area contributed by atoms with E-state index in [1.54, 1.807) is 4.90 Å². The van der Waals surface area contributed by atoms with Crippen molar-refractivity contribution in [1.29, 1.82) is 0 Å². The number of aromatic nitrogens is 1. The molecule has 25 heavy (non-hydrogen) atoms. The maximum Gasteiger partial charge on any atom is 0.360 e. The normalized spacial score (nSPS) is 10.7.